The normalized spacial score (nSPS) is 33.1. The number of nitrogens with zero attached hydrogens (tertiary/aromatic N) is 2. The molecule has 0 unspecified atom stereocenters. The van der Waals surface area contributed by atoms with E-state index in [1.54, 1.807) is 0 Å². The molecule has 2 aliphatic heterocycles. The quantitative estimate of drug-likeness (QED) is 0.858. The largest absolute Gasteiger partial charge is 0.336 e. The maximum absolute atomic E-state index is 13.1. The lowest BCUT2D eigenvalue weighted by atomic mass is 9.79. The van der Waals surface area contributed by atoms with Crippen LogP contribution in [0.2, 0.25) is 0 Å². The zero-order valence-corrected chi connectivity index (χ0v) is 13.6. The van der Waals surface area contributed by atoms with Crippen molar-refractivity contribution in [2.24, 2.45) is 11.3 Å². The van der Waals surface area contributed by atoms with Crippen molar-refractivity contribution in [3.63, 3.8) is 0 Å². The monoisotopic (exact) mass is 313 g/mol. The van der Waals surface area contributed by atoms with Crippen LogP contribution in [0, 0.1) is 18.3 Å². The summed E-state index contributed by atoms with van der Waals surface area (Å²) in [6.07, 6.45) is 8.40. The molecule has 2 saturated carbocycles. The Morgan fingerprint density at radius 3 is 2.65 bits per heavy atom. The molecule has 3 fully saturated rings. The number of aryl methyl sites for hydroxylation is 1. The molecule has 0 radical (unpaired) electrons. The molecule has 23 heavy (non-hydrogen) atoms. The third-order valence-corrected chi connectivity index (χ3v) is 6.80. The maximum Gasteiger partial charge on any atom is 0.254 e. The summed E-state index contributed by atoms with van der Waals surface area (Å²) in [5.41, 5.74) is 2.11. The van der Waals surface area contributed by atoms with E-state index in [1.807, 2.05) is 6.92 Å². The first kappa shape index (κ1) is 13.8. The van der Waals surface area contributed by atoms with Crippen LogP contribution in [0.25, 0.3) is 0 Å². The standard InChI is InChI=1S/C18H23N3O2/c1-10-19-15-8-12-4-3-11(7-13(15)16(22)20-10)21(12)17(23)14-9-18(14)5-2-6-18/h11-12,14H,2-9H2,1H3,(H,19,20,22)/t11-,12-,14-/m0/s1. The van der Waals surface area contributed by atoms with Gasteiger partial charge in [0.15, 0.2) is 0 Å². The molecule has 2 bridgehead atoms. The number of aromatic nitrogens is 2. The Morgan fingerprint density at radius 2 is 2.00 bits per heavy atom. The highest BCUT2D eigenvalue weighted by molar-refractivity contribution is 5.84. The molecule has 1 saturated heterocycles. The van der Waals surface area contributed by atoms with Gasteiger partial charge in [-0.15, -0.1) is 0 Å². The van der Waals surface area contributed by atoms with Crippen LogP contribution in [0.4, 0.5) is 0 Å². The molecule has 5 nitrogen and oxygen atoms in total. The predicted octanol–water partition coefficient (Wildman–Crippen LogP) is 1.73. The first-order valence-electron chi connectivity index (χ1n) is 8.98. The van der Waals surface area contributed by atoms with Gasteiger partial charge in [-0.3, -0.25) is 9.59 Å². The lowest BCUT2D eigenvalue weighted by molar-refractivity contribution is -0.136. The molecule has 1 amide bonds. The summed E-state index contributed by atoms with van der Waals surface area (Å²) in [7, 11) is 0. The fraction of sp³-hybridized carbons (Fsp3) is 0.722. The number of rotatable bonds is 1. The lowest BCUT2D eigenvalue weighted by Gasteiger charge is -2.32. The number of carbonyl (C=O) groups is 1. The Bertz CT molecular complexity index is 749. The summed E-state index contributed by atoms with van der Waals surface area (Å²) in [5, 5.41) is 0. The zero-order chi connectivity index (χ0) is 15.8. The van der Waals surface area contributed by atoms with Gasteiger partial charge in [0.2, 0.25) is 5.91 Å². The molecule has 3 heterocycles. The SMILES string of the molecule is Cc1nc2c(c(=O)[nH]1)C[C@@H]1CC[C@@H](C2)N1C(=O)[C@@H]1CC12CCC2. The van der Waals surface area contributed by atoms with E-state index in [9.17, 15) is 9.59 Å². The molecule has 0 aromatic carbocycles. The Balaban J connectivity index is 1.46. The fourth-order valence-electron chi connectivity index (χ4n) is 5.29. The van der Waals surface area contributed by atoms with Crippen LogP contribution in [0.5, 0.6) is 0 Å². The van der Waals surface area contributed by atoms with Crippen LogP contribution in [-0.4, -0.2) is 32.9 Å². The summed E-state index contributed by atoms with van der Waals surface area (Å²) in [4.78, 5) is 35.0. The summed E-state index contributed by atoms with van der Waals surface area (Å²) in [6, 6.07) is 0.456. The van der Waals surface area contributed by atoms with Crippen LogP contribution in [0.1, 0.15) is 55.6 Å². The van der Waals surface area contributed by atoms with E-state index < -0.39 is 0 Å². The van der Waals surface area contributed by atoms with Crippen LogP contribution < -0.4 is 5.56 Å². The van der Waals surface area contributed by atoms with Crippen LogP contribution in [-0.2, 0) is 17.6 Å². The summed E-state index contributed by atoms with van der Waals surface area (Å²) in [6.45, 7) is 1.83. The van der Waals surface area contributed by atoms with Crippen molar-refractivity contribution in [2.45, 2.75) is 70.4 Å². The first-order valence-corrected chi connectivity index (χ1v) is 8.98. The number of hydrogen-bond acceptors (Lipinski definition) is 3. The average molecular weight is 313 g/mol. The summed E-state index contributed by atoms with van der Waals surface area (Å²) >= 11 is 0. The first-order chi connectivity index (χ1) is 11.1. The van der Waals surface area contributed by atoms with Crippen molar-refractivity contribution in [2.75, 3.05) is 0 Å². The lowest BCUT2D eigenvalue weighted by Crippen LogP contribution is -2.44. The van der Waals surface area contributed by atoms with E-state index in [-0.39, 0.29) is 23.6 Å². The second-order valence-corrected chi connectivity index (χ2v) is 8.09. The van der Waals surface area contributed by atoms with Gasteiger partial charge in [-0.05, 0) is 44.4 Å². The summed E-state index contributed by atoms with van der Waals surface area (Å²) < 4.78 is 0. The van der Waals surface area contributed by atoms with E-state index in [2.05, 4.69) is 14.9 Å². The van der Waals surface area contributed by atoms with Gasteiger partial charge in [0.1, 0.15) is 5.82 Å². The molecule has 2 aliphatic carbocycles. The minimum absolute atomic E-state index is 0.00525. The average Bonchev–Trinajstić information content (AvgIpc) is 3.13. The molecule has 3 atom stereocenters. The van der Waals surface area contributed by atoms with Crippen LogP contribution in [0.3, 0.4) is 0 Å². The number of amides is 1. The van der Waals surface area contributed by atoms with E-state index in [0.29, 0.717) is 23.6 Å². The molecular formula is C18H23N3O2. The third kappa shape index (κ3) is 1.88. The van der Waals surface area contributed by atoms with E-state index >= 15 is 0 Å². The van der Waals surface area contributed by atoms with Crippen LogP contribution in [0.15, 0.2) is 4.79 Å². The van der Waals surface area contributed by atoms with Gasteiger partial charge in [-0.1, -0.05) is 6.42 Å². The van der Waals surface area contributed by atoms with Crippen molar-refractivity contribution in [3.8, 4) is 0 Å². The van der Waals surface area contributed by atoms with Gasteiger partial charge in [0.25, 0.3) is 5.56 Å². The Kier molecular flexibility index (Phi) is 2.67. The molecule has 5 heteroatoms. The zero-order valence-electron chi connectivity index (χ0n) is 13.6. The summed E-state index contributed by atoms with van der Waals surface area (Å²) in [5.74, 6) is 1.33. The fourth-order valence-corrected chi connectivity index (χ4v) is 5.29. The number of nitrogens with one attached hydrogen (secondary N) is 1. The highest BCUT2D eigenvalue weighted by Gasteiger charge is 2.63. The van der Waals surface area contributed by atoms with Crippen molar-refractivity contribution in [1.82, 2.24) is 14.9 Å². The van der Waals surface area contributed by atoms with Crippen molar-refractivity contribution in [1.29, 1.82) is 0 Å². The number of carbonyl (C=O) groups excluding carboxylic acids is 1. The van der Waals surface area contributed by atoms with E-state index in [1.165, 1.54) is 19.3 Å². The number of hydrogen-bond donors (Lipinski definition) is 1. The molecule has 4 aliphatic rings. The van der Waals surface area contributed by atoms with Gasteiger partial charge in [0.05, 0.1) is 5.69 Å². The third-order valence-electron chi connectivity index (χ3n) is 6.80. The van der Waals surface area contributed by atoms with Crippen molar-refractivity contribution < 1.29 is 4.79 Å². The second kappa shape index (κ2) is 4.46. The van der Waals surface area contributed by atoms with Gasteiger partial charge < -0.3 is 9.88 Å². The van der Waals surface area contributed by atoms with Crippen molar-refractivity contribution in [3.05, 3.63) is 27.4 Å². The topological polar surface area (TPSA) is 66.1 Å². The van der Waals surface area contributed by atoms with Gasteiger partial charge >= 0.3 is 0 Å². The Hall–Kier alpha value is -1.65. The molecule has 1 aromatic heterocycles. The molecule has 5 rings (SSSR count). The maximum atomic E-state index is 13.1. The van der Waals surface area contributed by atoms with Gasteiger partial charge in [-0.25, -0.2) is 4.98 Å². The number of fused-ring (bicyclic) bond motifs is 3. The smallest absolute Gasteiger partial charge is 0.254 e. The minimum Gasteiger partial charge on any atom is -0.336 e. The van der Waals surface area contributed by atoms with Crippen molar-refractivity contribution >= 4 is 5.91 Å². The minimum atomic E-state index is -0.00525. The Morgan fingerprint density at radius 1 is 1.26 bits per heavy atom. The highest BCUT2D eigenvalue weighted by Crippen LogP contribution is 2.66. The highest BCUT2D eigenvalue weighted by atomic mass is 16.2. The van der Waals surface area contributed by atoms with Crippen LogP contribution >= 0.6 is 0 Å². The number of H-pyrrole nitrogens is 1. The molecule has 122 valence electrons. The molecular weight excluding hydrogens is 290 g/mol. The molecule has 1 aromatic rings. The van der Waals surface area contributed by atoms with E-state index in [0.717, 1.165) is 36.9 Å². The van der Waals surface area contributed by atoms with Gasteiger partial charge in [-0.2, -0.15) is 0 Å². The molecule has 1 spiro atoms. The van der Waals surface area contributed by atoms with Gasteiger partial charge in [0, 0.05) is 36.4 Å². The predicted molar refractivity (Wildman–Crippen MR) is 85.0 cm³/mol. The molecule has 1 N–H and O–H groups in total. The Labute approximate surface area is 135 Å². The van der Waals surface area contributed by atoms with E-state index in [4.69, 9.17) is 0 Å². The number of aromatic amines is 1. The second-order valence-electron chi connectivity index (χ2n) is 8.09.